The molecule has 0 bridgehead atoms. The largest absolute Gasteiger partial charge is 0.449 e. The molecule has 186 valence electrons. The Hall–Kier alpha value is -3.95. The first-order chi connectivity index (χ1) is 17.4. The average Bonchev–Trinajstić information content (AvgIpc) is 3.20. The lowest BCUT2D eigenvalue weighted by atomic mass is 9.98. The summed E-state index contributed by atoms with van der Waals surface area (Å²) in [5.41, 5.74) is 5.11. The summed E-state index contributed by atoms with van der Waals surface area (Å²) in [6.07, 6.45) is -0.259. The lowest BCUT2D eigenvalue weighted by molar-refractivity contribution is -0.384. The number of ether oxygens (including phenoxy) is 2. The van der Waals surface area contributed by atoms with E-state index < -0.39 is 16.9 Å². The van der Waals surface area contributed by atoms with Crippen molar-refractivity contribution in [3.05, 3.63) is 98.6 Å². The van der Waals surface area contributed by atoms with Gasteiger partial charge in [0.05, 0.1) is 16.6 Å². The highest BCUT2D eigenvalue weighted by molar-refractivity contribution is 6.31. The summed E-state index contributed by atoms with van der Waals surface area (Å²) < 4.78 is 10.8. The SMILES string of the molecule is O=C(CNC(=O)OCC1c2ccccc2-c2ccccc21)NCOCCc1ccc([N+](=O)[O-])cc1Cl. The summed E-state index contributed by atoms with van der Waals surface area (Å²) in [5, 5.41) is 16.0. The number of nitro benzene ring substituents is 1. The maximum Gasteiger partial charge on any atom is 0.407 e. The second kappa shape index (κ2) is 11.7. The molecule has 2 N–H and O–H groups in total. The second-order valence-electron chi connectivity index (χ2n) is 8.11. The minimum absolute atomic E-state index is 0.0597. The summed E-state index contributed by atoms with van der Waals surface area (Å²) in [6.45, 7) is 0.0947. The molecule has 1 aliphatic rings. The first kappa shape index (κ1) is 25.2. The van der Waals surface area contributed by atoms with Crippen LogP contribution in [0, 0.1) is 10.1 Å². The minimum atomic E-state index is -0.680. The molecule has 0 saturated heterocycles. The number of hydrogen-bond acceptors (Lipinski definition) is 6. The van der Waals surface area contributed by atoms with E-state index in [0.717, 1.165) is 22.3 Å². The van der Waals surface area contributed by atoms with Gasteiger partial charge in [-0.05, 0) is 34.2 Å². The molecule has 0 fully saturated rings. The van der Waals surface area contributed by atoms with E-state index in [1.165, 1.54) is 12.1 Å². The number of amides is 2. The van der Waals surface area contributed by atoms with Gasteiger partial charge in [0, 0.05) is 18.1 Å². The third-order valence-corrected chi connectivity index (χ3v) is 6.22. The molecule has 4 rings (SSSR count). The topological polar surface area (TPSA) is 120 Å². The number of nitro groups is 1. The van der Waals surface area contributed by atoms with Gasteiger partial charge in [-0.25, -0.2) is 4.79 Å². The number of benzene rings is 3. The van der Waals surface area contributed by atoms with Gasteiger partial charge < -0.3 is 20.1 Å². The monoisotopic (exact) mass is 509 g/mol. The van der Waals surface area contributed by atoms with E-state index in [1.807, 2.05) is 36.4 Å². The van der Waals surface area contributed by atoms with Gasteiger partial charge >= 0.3 is 6.09 Å². The molecule has 36 heavy (non-hydrogen) atoms. The van der Waals surface area contributed by atoms with E-state index >= 15 is 0 Å². The molecule has 0 spiro atoms. The minimum Gasteiger partial charge on any atom is -0.449 e. The van der Waals surface area contributed by atoms with Crippen molar-refractivity contribution in [1.29, 1.82) is 0 Å². The van der Waals surface area contributed by atoms with Crippen LogP contribution in [0.3, 0.4) is 0 Å². The molecule has 0 unspecified atom stereocenters. The Morgan fingerprint density at radius 2 is 1.64 bits per heavy atom. The van der Waals surface area contributed by atoms with Crippen molar-refractivity contribution in [2.75, 3.05) is 26.5 Å². The van der Waals surface area contributed by atoms with E-state index in [2.05, 4.69) is 22.8 Å². The lowest BCUT2D eigenvalue weighted by Gasteiger charge is -2.14. The normalized spacial score (nSPS) is 11.9. The van der Waals surface area contributed by atoms with Gasteiger partial charge in [-0.15, -0.1) is 0 Å². The highest BCUT2D eigenvalue weighted by atomic mass is 35.5. The molecule has 0 atom stereocenters. The number of hydrogen-bond donors (Lipinski definition) is 2. The van der Waals surface area contributed by atoms with Crippen molar-refractivity contribution in [2.45, 2.75) is 12.3 Å². The second-order valence-corrected chi connectivity index (χ2v) is 8.52. The van der Waals surface area contributed by atoms with Crippen LogP contribution >= 0.6 is 11.6 Å². The number of alkyl carbamates (subject to hydrolysis) is 1. The number of carbonyl (C=O) groups excluding carboxylic acids is 2. The highest BCUT2D eigenvalue weighted by Crippen LogP contribution is 2.44. The van der Waals surface area contributed by atoms with Crippen LogP contribution in [0.4, 0.5) is 10.5 Å². The Balaban J connectivity index is 1.14. The van der Waals surface area contributed by atoms with Crippen LogP contribution in [0.15, 0.2) is 66.7 Å². The summed E-state index contributed by atoms with van der Waals surface area (Å²) in [4.78, 5) is 34.4. The highest BCUT2D eigenvalue weighted by Gasteiger charge is 2.29. The van der Waals surface area contributed by atoms with Crippen molar-refractivity contribution in [2.24, 2.45) is 0 Å². The van der Waals surface area contributed by atoms with Crippen LogP contribution in [0.5, 0.6) is 0 Å². The van der Waals surface area contributed by atoms with Crippen molar-refractivity contribution in [3.8, 4) is 11.1 Å². The molecule has 0 aromatic heterocycles. The third kappa shape index (κ3) is 5.99. The molecule has 0 aliphatic heterocycles. The van der Waals surface area contributed by atoms with Crippen LogP contribution in [0.1, 0.15) is 22.6 Å². The van der Waals surface area contributed by atoms with Crippen LogP contribution in [-0.2, 0) is 20.7 Å². The zero-order valence-electron chi connectivity index (χ0n) is 19.2. The van der Waals surface area contributed by atoms with E-state index in [0.29, 0.717) is 12.0 Å². The number of non-ortho nitro benzene ring substituents is 1. The van der Waals surface area contributed by atoms with E-state index in [4.69, 9.17) is 21.1 Å². The summed E-state index contributed by atoms with van der Waals surface area (Å²) in [7, 11) is 0. The van der Waals surface area contributed by atoms with Gasteiger partial charge in [0.2, 0.25) is 5.91 Å². The molecule has 3 aromatic carbocycles. The Morgan fingerprint density at radius 3 is 2.28 bits per heavy atom. The Labute approximate surface area is 212 Å². The fourth-order valence-electron chi connectivity index (χ4n) is 4.10. The molecular formula is C26H24ClN3O6. The van der Waals surface area contributed by atoms with Gasteiger partial charge in [-0.1, -0.05) is 66.2 Å². The maximum absolute atomic E-state index is 12.2. The first-order valence-electron chi connectivity index (χ1n) is 11.3. The average molecular weight is 510 g/mol. The Kier molecular flexibility index (Phi) is 8.14. The molecule has 1 aliphatic carbocycles. The maximum atomic E-state index is 12.2. The van der Waals surface area contributed by atoms with E-state index in [1.54, 1.807) is 6.07 Å². The zero-order valence-corrected chi connectivity index (χ0v) is 20.0. The van der Waals surface area contributed by atoms with Crippen LogP contribution < -0.4 is 10.6 Å². The predicted molar refractivity (Wildman–Crippen MR) is 134 cm³/mol. The van der Waals surface area contributed by atoms with Gasteiger partial charge in [0.15, 0.2) is 0 Å². The molecular weight excluding hydrogens is 486 g/mol. The van der Waals surface area contributed by atoms with Crippen molar-refractivity contribution < 1.29 is 24.0 Å². The number of rotatable bonds is 10. The predicted octanol–water partition coefficient (Wildman–Crippen LogP) is 4.42. The van der Waals surface area contributed by atoms with E-state index in [-0.39, 0.29) is 43.1 Å². The molecule has 9 nitrogen and oxygen atoms in total. The van der Waals surface area contributed by atoms with Gasteiger partial charge in [-0.2, -0.15) is 0 Å². The van der Waals surface area contributed by atoms with Crippen LogP contribution in [0.2, 0.25) is 5.02 Å². The first-order valence-corrected chi connectivity index (χ1v) is 11.7. The fourth-order valence-corrected chi connectivity index (χ4v) is 4.37. The summed E-state index contributed by atoms with van der Waals surface area (Å²) in [6, 6.07) is 20.3. The molecule has 0 radical (unpaired) electrons. The standard InChI is InChI=1S/C26H24ClN3O6/c27-24-13-18(30(33)34)10-9-17(24)11-12-35-16-29-25(31)14-28-26(32)36-15-23-21-7-3-1-5-19(21)20-6-2-4-8-22(20)23/h1-10,13,23H,11-12,14-16H2,(H,28,32)(H,29,31). The smallest absolute Gasteiger partial charge is 0.407 e. The van der Waals surface area contributed by atoms with Crippen molar-refractivity contribution in [3.63, 3.8) is 0 Å². The Morgan fingerprint density at radius 1 is 0.972 bits per heavy atom. The van der Waals surface area contributed by atoms with E-state index in [9.17, 15) is 19.7 Å². The molecule has 2 amide bonds. The number of carbonyl (C=O) groups is 2. The Bertz CT molecular complexity index is 1240. The summed E-state index contributed by atoms with van der Waals surface area (Å²) >= 11 is 6.04. The third-order valence-electron chi connectivity index (χ3n) is 5.87. The van der Waals surface area contributed by atoms with Crippen LogP contribution in [0.25, 0.3) is 11.1 Å². The number of nitrogens with zero attached hydrogens (tertiary/aromatic N) is 1. The molecule has 0 saturated carbocycles. The molecule has 3 aromatic rings. The molecule has 10 heteroatoms. The number of fused-ring (bicyclic) bond motifs is 3. The van der Waals surface area contributed by atoms with Crippen LogP contribution in [-0.4, -0.2) is 43.4 Å². The summed E-state index contributed by atoms with van der Waals surface area (Å²) in [5.74, 6) is -0.494. The van der Waals surface area contributed by atoms with Gasteiger partial charge in [-0.3, -0.25) is 14.9 Å². The van der Waals surface area contributed by atoms with Gasteiger partial charge in [0.25, 0.3) is 5.69 Å². The van der Waals surface area contributed by atoms with Gasteiger partial charge in [0.1, 0.15) is 19.9 Å². The van der Waals surface area contributed by atoms with Crippen molar-refractivity contribution >= 4 is 29.3 Å². The lowest BCUT2D eigenvalue weighted by Crippen LogP contribution is -2.38. The number of halogens is 1. The zero-order chi connectivity index (χ0) is 25.5. The fraction of sp³-hybridized carbons (Fsp3) is 0.231. The number of nitrogens with one attached hydrogen (secondary N) is 2. The quantitative estimate of drug-likeness (QED) is 0.181. The van der Waals surface area contributed by atoms with Crippen molar-refractivity contribution in [1.82, 2.24) is 10.6 Å². The molecule has 0 heterocycles.